The van der Waals surface area contributed by atoms with Crippen molar-refractivity contribution in [3.8, 4) is 6.07 Å². The van der Waals surface area contributed by atoms with Crippen molar-refractivity contribution in [2.24, 2.45) is 0 Å². The van der Waals surface area contributed by atoms with E-state index in [-0.39, 0.29) is 30.4 Å². The quantitative estimate of drug-likeness (QED) is 0.698. The third-order valence-electron chi connectivity index (χ3n) is 3.81. The van der Waals surface area contributed by atoms with E-state index in [0.717, 1.165) is 25.7 Å². The van der Waals surface area contributed by atoms with Crippen LogP contribution in [-0.4, -0.2) is 46.8 Å². The van der Waals surface area contributed by atoms with Gasteiger partial charge in [0, 0.05) is 13.0 Å². The number of carbonyl (C=O) groups is 2. The molecule has 2 aliphatic rings. The first-order valence-electron chi connectivity index (χ1n) is 6.59. The number of carbonyl (C=O) groups excluding carboxylic acids is 2. The van der Waals surface area contributed by atoms with Crippen LogP contribution in [0.15, 0.2) is 0 Å². The monoisotopic (exact) mass is 249 g/mol. The van der Waals surface area contributed by atoms with Gasteiger partial charge in [0.15, 0.2) is 0 Å². The fourth-order valence-corrected chi connectivity index (χ4v) is 2.65. The second kappa shape index (κ2) is 5.38. The van der Waals surface area contributed by atoms with Crippen LogP contribution in [0.4, 0.5) is 0 Å². The Morgan fingerprint density at radius 2 is 2.00 bits per heavy atom. The molecule has 5 heteroatoms. The first kappa shape index (κ1) is 12.9. The molecule has 1 aliphatic heterocycles. The van der Waals surface area contributed by atoms with E-state index in [4.69, 9.17) is 5.26 Å². The normalized spacial score (nSPS) is 23.3. The van der Waals surface area contributed by atoms with E-state index >= 15 is 0 Å². The topological polar surface area (TPSA) is 64.2 Å². The highest BCUT2D eigenvalue weighted by molar-refractivity contribution is 5.86. The summed E-state index contributed by atoms with van der Waals surface area (Å²) in [6.45, 7) is 2.18. The molecule has 0 bridgehead atoms. The summed E-state index contributed by atoms with van der Waals surface area (Å²) < 4.78 is 0. The number of amides is 2. The van der Waals surface area contributed by atoms with Gasteiger partial charge in [0.25, 0.3) is 0 Å². The van der Waals surface area contributed by atoms with Crippen molar-refractivity contribution in [1.29, 1.82) is 5.26 Å². The zero-order valence-corrected chi connectivity index (χ0v) is 10.8. The SMILES string of the molecule is CC(=O)N(CC(=O)N1CC1C#N)C1CCCCC1. The fourth-order valence-electron chi connectivity index (χ4n) is 2.65. The molecule has 1 saturated carbocycles. The van der Waals surface area contributed by atoms with Crippen LogP contribution in [0.5, 0.6) is 0 Å². The van der Waals surface area contributed by atoms with Crippen LogP contribution in [0.2, 0.25) is 0 Å². The summed E-state index contributed by atoms with van der Waals surface area (Å²) in [6, 6.07) is 2.00. The van der Waals surface area contributed by atoms with E-state index in [0.29, 0.717) is 6.54 Å². The molecule has 0 aromatic rings. The molecule has 2 amide bonds. The van der Waals surface area contributed by atoms with E-state index in [9.17, 15) is 9.59 Å². The predicted octanol–water partition coefficient (Wildman–Crippen LogP) is 0.902. The standard InChI is InChI=1S/C13H19N3O2/c1-10(17)15(11-5-3-2-4-6-11)9-13(18)16-8-12(16)7-14/h11-12H,2-6,8-9H2,1H3. The number of hydrogen-bond donors (Lipinski definition) is 0. The van der Waals surface area contributed by atoms with Gasteiger partial charge in [-0.1, -0.05) is 19.3 Å². The van der Waals surface area contributed by atoms with Crippen molar-refractivity contribution in [3.05, 3.63) is 0 Å². The molecule has 1 saturated heterocycles. The Kier molecular flexibility index (Phi) is 3.85. The van der Waals surface area contributed by atoms with Gasteiger partial charge >= 0.3 is 0 Å². The van der Waals surface area contributed by atoms with Crippen molar-refractivity contribution in [2.45, 2.75) is 51.1 Å². The van der Waals surface area contributed by atoms with Gasteiger partial charge < -0.3 is 9.80 Å². The van der Waals surface area contributed by atoms with Crippen molar-refractivity contribution >= 4 is 11.8 Å². The molecule has 1 unspecified atom stereocenters. The smallest absolute Gasteiger partial charge is 0.243 e. The molecule has 0 spiro atoms. The molecule has 0 aromatic carbocycles. The zero-order valence-electron chi connectivity index (χ0n) is 10.8. The highest BCUT2D eigenvalue weighted by Crippen LogP contribution is 2.24. The van der Waals surface area contributed by atoms with Gasteiger partial charge in [0.05, 0.1) is 12.6 Å². The van der Waals surface area contributed by atoms with Crippen LogP contribution in [0.3, 0.4) is 0 Å². The molecule has 0 radical (unpaired) electrons. The van der Waals surface area contributed by atoms with Gasteiger partial charge in [-0.2, -0.15) is 5.26 Å². The highest BCUT2D eigenvalue weighted by Gasteiger charge is 2.39. The maximum absolute atomic E-state index is 11.9. The lowest BCUT2D eigenvalue weighted by atomic mass is 9.94. The highest BCUT2D eigenvalue weighted by atomic mass is 16.2. The van der Waals surface area contributed by atoms with Gasteiger partial charge in [-0.3, -0.25) is 9.59 Å². The molecule has 0 aromatic heterocycles. The molecule has 2 rings (SSSR count). The minimum absolute atomic E-state index is 0.0365. The van der Waals surface area contributed by atoms with Crippen molar-refractivity contribution in [3.63, 3.8) is 0 Å². The van der Waals surface area contributed by atoms with Gasteiger partial charge in [-0.05, 0) is 12.8 Å². The first-order valence-corrected chi connectivity index (χ1v) is 6.59. The second-order valence-electron chi connectivity index (χ2n) is 5.13. The molecule has 2 fully saturated rings. The lowest BCUT2D eigenvalue weighted by Crippen LogP contribution is -2.44. The molecule has 5 nitrogen and oxygen atoms in total. The molecule has 98 valence electrons. The van der Waals surface area contributed by atoms with Crippen LogP contribution >= 0.6 is 0 Å². The summed E-state index contributed by atoms with van der Waals surface area (Å²) in [6.07, 6.45) is 5.47. The molecule has 0 N–H and O–H groups in total. The summed E-state index contributed by atoms with van der Waals surface area (Å²) in [7, 11) is 0. The van der Waals surface area contributed by atoms with Gasteiger partial charge in [-0.15, -0.1) is 0 Å². The maximum atomic E-state index is 11.9. The maximum Gasteiger partial charge on any atom is 0.243 e. The predicted molar refractivity (Wildman–Crippen MR) is 65.4 cm³/mol. The van der Waals surface area contributed by atoms with Crippen molar-refractivity contribution in [1.82, 2.24) is 9.80 Å². The van der Waals surface area contributed by atoms with Gasteiger partial charge in [0.2, 0.25) is 11.8 Å². The lowest BCUT2D eigenvalue weighted by molar-refractivity contribution is -0.139. The van der Waals surface area contributed by atoms with E-state index < -0.39 is 0 Å². The largest absolute Gasteiger partial charge is 0.331 e. The number of rotatable bonds is 3. The molecular weight excluding hydrogens is 230 g/mol. The van der Waals surface area contributed by atoms with Crippen LogP contribution in [0.25, 0.3) is 0 Å². The van der Waals surface area contributed by atoms with E-state index in [1.165, 1.54) is 18.2 Å². The van der Waals surface area contributed by atoms with Crippen LogP contribution in [0, 0.1) is 11.3 Å². The van der Waals surface area contributed by atoms with Gasteiger partial charge in [-0.25, -0.2) is 0 Å². The van der Waals surface area contributed by atoms with Crippen molar-refractivity contribution < 1.29 is 9.59 Å². The fraction of sp³-hybridized carbons (Fsp3) is 0.769. The Balaban J connectivity index is 1.92. The molecule has 1 heterocycles. The Bertz CT molecular complexity index is 382. The molecule has 18 heavy (non-hydrogen) atoms. The molecule has 1 aliphatic carbocycles. The average Bonchev–Trinajstić information content (AvgIpc) is 3.16. The third kappa shape index (κ3) is 2.81. The first-order chi connectivity index (χ1) is 8.63. The average molecular weight is 249 g/mol. The lowest BCUT2D eigenvalue weighted by Gasteiger charge is -2.33. The Morgan fingerprint density at radius 3 is 2.50 bits per heavy atom. The van der Waals surface area contributed by atoms with Crippen LogP contribution in [0.1, 0.15) is 39.0 Å². The summed E-state index contributed by atoms with van der Waals surface area (Å²) in [5.74, 6) is -0.132. The van der Waals surface area contributed by atoms with Crippen LogP contribution in [-0.2, 0) is 9.59 Å². The van der Waals surface area contributed by atoms with E-state index in [1.807, 2.05) is 0 Å². The number of hydrogen-bond acceptors (Lipinski definition) is 3. The summed E-state index contributed by atoms with van der Waals surface area (Å²) in [5, 5.41) is 8.69. The Hall–Kier alpha value is -1.57. The number of nitrogens with zero attached hydrogens (tertiary/aromatic N) is 3. The minimum atomic E-state index is -0.266. The zero-order chi connectivity index (χ0) is 13.1. The molecular formula is C13H19N3O2. The Labute approximate surface area is 107 Å². The van der Waals surface area contributed by atoms with E-state index in [1.54, 1.807) is 4.90 Å². The Morgan fingerprint density at radius 1 is 1.33 bits per heavy atom. The summed E-state index contributed by atoms with van der Waals surface area (Å²) in [5.41, 5.74) is 0. The van der Waals surface area contributed by atoms with E-state index in [2.05, 4.69) is 6.07 Å². The molecule has 1 atom stereocenters. The van der Waals surface area contributed by atoms with Gasteiger partial charge in [0.1, 0.15) is 12.6 Å². The third-order valence-corrected chi connectivity index (χ3v) is 3.81. The summed E-state index contributed by atoms with van der Waals surface area (Å²) in [4.78, 5) is 26.8. The van der Waals surface area contributed by atoms with Crippen molar-refractivity contribution in [2.75, 3.05) is 13.1 Å². The van der Waals surface area contributed by atoms with Crippen LogP contribution < -0.4 is 0 Å². The summed E-state index contributed by atoms with van der Waals surface area (Å²) >= 11 is 0. The number of nitriles is 1. The minimum Gasteiger partial charge on any atom is -0.331 e. The second-order valence-corrected chi connectivity index (χ2v) is 5.13.